The van der Waals surface area contributed by atoms with Gasteiger partial charge in [-0.05, 0) is 12.5 Å². The number of nitrogens with zero attached hydrogens (tertiary/aromatic N) is 1. The highest BCUT2D eigenvalue weighted by molar-refractivity contribution is 7.10. The molecule has 1 atom stereocenters. The first-order chi connectivity index (χ1) is 11.2. The van der Waals surface area contributed by atoms with Gasteiger partial charge in [-0.1, -0.05) is 30.3 Å². The highest BCUT2D eigenvalue weighted by Crippen LogP contribution is 2.33. The fourth-order valence-electron chi connectivity index (χ4n) is 2.92. The van der Waals surface area contributed by atoms with Gasteiger partial charge in [0.15, 0.2) is 0 Å². The van der Waals surface area contributed by atoms with Crippen molar-refractivity contribution in [2.75, 3.05) is 32.9 Å². The number of benzene rings is 1. The third-order valence-electron chi connectivity index (χ3n) is 4.15. The molecule has 3 rings (SSSR count). The van der Waals surface area contributed by atoms with Gasteiger partial charge in [0.25, 0.3) is 5.91 Å². The summed E-state index contributed by atoms with van der Waals surface area (Å²) in [5.74, 6) is 0.0125. The molecule has 1 aromatic carbocycles. The number of hydrogen-bond acceptors (Lipinski definition) is 4. The molecule has 0 aliphatic carbocycles. The second-order valence-electron chi connectivity index (χ2n) is 5.82. The van der Waals surface area contributed by atoms with Gasteiger partial charge < -0.3 is 14.7 Å². The number of aryl methyl sites for hydroxylation is 1. The molecule has 122 valence electrons. The molecule has 1 aliphatic rings. The highest BCUT2D eigenvalue weighted by atomic mass is 32.1. The van der Waals surface area contributed by atoms with E-state index >= 15 is 0 Å². The Kier molecular flexibility index (Phi) is 5.10. The molecule has 1 amide bonds. The molecule has 0 bridgehead atoms. The highest BCUT2D eigenvalue weighted by Gasteiger charge is 2.26. The third-order valence-corrected chi connectivity index (χ3v) is 5.06. The monoisotopic (exact) mass is 331 g/mol. The number of carbonyl (C=O) groups excluding carboxylic acids is 1. The fourth-order valence-corrected chi connectivity index (χ4v) is 3.78. The maximum atomic E-state index is 13.0. The average molecular weight is 331 g/mol. The summed E-state index contributed by atoms with van der Waals surface area (Å²) in [6.45, 7) is 4.22. The summed E-state index contributed by atoms with van der Waals surface area (Å²) < 4.78 is 5.48. The number of aliphatic hydroxyl groups is 1. The van der Waals surface area contributed by atoms with E-state index in [0.717, 1.165) is 21.6 Å². The SMILES string of the molecule is Cc1scc(C(=O)N2CCOC[C@@H](CO)C2)c1-c1ccccc1. The number of amides is 1. The molecular formula is C18H21NO3S. The second kappa shape index (κ2) is 7.25. The molecule has 4 nitrogen and oxygen atoms in total. The number of ether oxygens (including phenoxy) is 1. The fraction of sp³-hybridized carbons (Fsp3) is 0.389. The average Bonchev–Trinajstić information content (AvgIpc) is 2.82. The summed E-state index contributed by atoms with van der Waals surface area (Å²) in [5.41, 5.74) is 2.84. The van der Waals surface area contributed by atoms with Gasteiger partial charge in [-0.25, -0.2) is 0 Å². The van der Waals surface area contributed by atoms with Gasteiger partial charge in [0.2, 0.25) is 0 Å². The van der Waals surface area contributed by atoms with Crippen LogP contribution in [0.2, 0.25) is 0 Å². The number of aliphatic hydroxyl groups excluding tert-OH is 1. The smallest absolute Gasteiger partial charge is 0.255 e. The maximum Gasteiger partial charge on any atom is 0.255 e. The van der Waals surface area contributed by atoms with Crippen LogP contribution in [-0.4, -0.2) is 48.8 Å². The Morgan fingerprint density at radius 1 is 1.39 bits per heavy atom. The summed E-state index contributed by atoms with van der Waals surface area (Å²) >= 11 is 1.60. The minimum atomic E-state index is -0.0126. The van der Waals surface area contributed by atoms with E-state index in [1.54, 1.807) is 11.3 Å². The molecule has 1 saturated heterocycles. The summed E-state index contributed by atoms with van der Waals surface area (Å²) in [4.78, 5) is 16.0. The van der Waals surface area contributed by atoms with Crippen LogP contribution in [0.25, 0.3) is 11.1 Å². The van der Waals surface area contributed by atoms with Crippen molar-refractivity contribution in [3.05, 3.63) is 46.2 Å². The Morgan fingerprint density at radius 2 is 2.17 bits per heavy atom. The standard InChI is InChI=1S/C18H21NO3S/c1-13-17(15-5-3-2-4-6-15)16(12-23-13)18(21)19-7-8-22-11-14(9-19)10-20/h2-6,12,14,20H,7-11H2,1H3/t14-/m1/s1. The minimum Gasteiger partial charge on any atom is -0.396 e. The Bertz CT molecular complexity index is 668. The van der Waals surface area contributed by atoms with Crippen LogP contribution in [-0.2, 0) is 4.74 Å². The lowest BCUT2D eigenvalue weighted by atomic mass is 10.0. The van der Waals surface area contributed by atoms with Crippen LogP contribution in [0.1, 0.15) is 15.2 Å². The number of thiophene rings is 1. The first kappa shape index (κ1) is 16.2. The first-order valence-electron chi connectivity index (χ1n) is 7.82. The number of carbonyl (C=O) groups is 1. The zero-order valence-corrected chi connectivity index (χ0v) is 14.0. The third kappa shape index (κ3) is 3.47. The zero-order valence-electron chi connectivity index (χ0n) is 13.2. The van der Waals surface area contributed by atoms with E-state index in [1.165, 1.54) is 0 Å². The van der Waals surface area contributed by atoms with Gasteiger partial charge in [-0.15, -0.1) is 11.3 Å². The van der Waals surface area contributed by atoms with Crippen LogP contribution in [0.15, 0.2) is 35.7 Å². The summed E-state index contributed by atoms with van der Waals surface area (Å²) in [7, 11) is 0. The van der Waals surface area contributed by atoms with Crippen molar-refractivity contribution in [3.63, 3.8) is 0 Å². The van der Waals surface area contributed by atoms with Gasteiger partial charge in [0.1, 0.15) is 0 Å². The lowest BCUT2D eigenvalue weighted by Crippen LogP contribution is -2.36. The summed E-state index contributed by atoms with van der Waals surface area (Å²) in [5, 5.41) is 11.4. The Morgan fingerprint density at radius 3 is 2.91 bits per heavy atom. The predicted octanol–water partition coefficient (Wildman–Crippen LogP) is 2.80. The van der Waals surface area contributed by atoms with Gasteiger partial charge in [-0.2, -0.15) is 0 Å². The van der Waals surface area contributed by atoms with E-state index in [-0.39, 0.29) is 18.4 Å². The Labute approximate surface area is 140 Å². The van der Waals surface area contributed by atoms with Gasteiger partial charge in [0, 0.05) is 41.4 Å². The minimum absolute atomic E-state index is 0.0126. The molecule has 0 radical (unpaired) electrons. The molecule has 0 unspecified atom stereocenters. The Hall–Kier alpha value is -1.69. The van der Waals surface area contributed by atoms with Crippen molar-refractivity contribution >= 4 is 17.2 Å². The number of rotatable bonds is 3. The van der Waals surface area contributed by atoms with Crippen molar-refractivity contribution in [1.29, 1.82) is 0 Å². The van der Waals surface area contributed by atoms with Crippen molar-refractivity contribution in [1.82, 2.24) is 4.90 Å². The van der Waals surface area contributed by atoms with Crippen LogP contribution < -0.4 is 0 Å². The van der Waals surface area contributed by atoms with E-state index in [4.69, 9.17) is 4.74 Å². The Balaban J connectivity index is 1.91. The van der Waals surface area contributed by atoms with Gasteiger partial charge >= 0.3 is 0 Å². The normalized spacial score (nSPS) is 18.7. The van der Waals surface area contributed by atoms with Crippen molar-refractivity contribution in [2.45, 2.75) is 6.92 Å². The van der Waals surface area contributed by atoms with Gasteiger partial charge in [-0.3, -0.25) is 4.79 Å². The van der Waals surface area contributed by atoms with E-state index in [0.29, 0.717) is 26.3 Å². The molecule has 1 N–H and O–H groups in total. The first-order valence-corrected chi connectivity index (χ1v) is 8.70. The molecule has 5 heteroatoms. The molecule has 1 fully saturated rings. The van der Waals surface area contributed by atoms with Crippen molar-refractivity contribution in [3.8, 4) is 11.1 Å². The summed E-state index contributed by atoms with van der Waals surface area (Å²) in [6.07, 6.45) is 0. The topological polar surface area (TPSA) is 49.8 Å². The molecule has 0 saturated carbocycles. The quantitative estimate of drug-likeness (QED) is 0.941. The lowest BCUT2D eigenvalue weighted by molar-refractivity contribution is 0.0729. The van der Waals surface area contributed by atoms with Crippen molar-refractivity contribution < 1.29 is 14.6 Å². The van der Waals surface area contributed by atoms with Crippen LogP contribution in [0.3, 0.4) is 0 Å². The predicted molar refractivity (Wildman–Crippen MR) is 91.8 cm³/mol. The molecule has 2 heterocycles. The van der Waals surface area contributed by atoms with Crippen molar-refractivity contribution in [2.24, 2.45) is 5.92 Å². The van der Waals surface area contributed by atoms with Crippen LogP contribution >= 0.6 is 11.3 Å². The molecule has 0 spiro atoms. The van der Waals surface area contributed by atoms with E-state index in [2.05, 4.69) is 0 Å². The van der Waals surface area contributed by atoms with Crippen LogP contribution in [0.4, 0.5) is 0 Å². The largest absolute Gasteiger partial charge is 0.396 e. The van der Waals surface area contributed by atoms with E-state index < -0.39 is 0 Å². The number of hydrogen-bond donors (Lipinski definition) is 1. The van der Waals surface area contributed by atoms with E-state index in [9.17, 15) is 9.90 Å². The van der Waals surface area contributed by atoms with E-state index in [1.807, 2.05) is 47.5 Å². The van der Waals surface area contributed by atoms with Crippen LogP contribution in [0.5, 0.6) is 0 Å². The lowest BCUT2D eigenvalue weighted by Gasteiger charge is -2.23. The molecule has 1 aromatic heterocycles. The molecule has 1 aliphatic heterocycles. The maximum absolute atomic E-state index is 13.0. The zero-order chi connectivity index (χ0) is 16.2. The van der Waals surface area contributed by atoms with Crippen LogP contribution in [0, 0.1) is 12.8 Å². The van der Waals surface area contributed by atoms with Gasteiger partial charge in [0.05, 0.1) is 18.8 Å². The summed E-state index contributed by atoms with van der Waals surface area (Å²) in [6, 6.07) is 10.0. The molecule has 2 aromatic rings. The molecule has 23 heavy (non-hydrogen) atoms. The molecular weight excluding hydrogens is 310 g/mol. The second-order valence-corrected chi connectivity index (χ2v) is 6.91.